The van der Waals surface area contributed by atoms with Crippen LogP contribution in [0.15, 0.2) is 47.4 Å². The molecular formula is C25H31FN4O3S. The van der Waals surface area contributed by atoms with Crippen LogP contribution in [0.2, 0.25) is 0 Å². The number of benzene rings is 2. The highest BCUT2D eigenvalue weighted by Gasteiger charge is 2.44. The number of fused-ring (bicyclic) bond motifs is 1. The van der Waals surface area contributed by atoms with Crippen LogP contribution in [0, 0.1) is 5.82 Å². The molecule has 1 amide bonds. The van der Waals surface area contributed by atoms with Gasteiger partial charge in [0.05, 0.1) is 15.9 Å². The van der Waals surface area contributed by atoms with Gasteiger partial charge in [0.15, 0.2) is 0 Å². The van der Waals surface area contributed by atoms with Crippen LogP contribution in [0.1, 0.15) is 44.5 Å². The second kappa shape index (κ2) is 9.46. The Bertz CT molecular complexity index is 1290. The van der Waals surface area contributed by atoms with E-state index in [1.54, 1.807) is 30.3 Å². The summed E-state index contributed by atoms with van der Waals surface area (Å²) in [6.07, 6.45) is 2.67. The molecule has 9 heteroatoms. The van der Waals surface area contributed by atoms with Crippen molar-refractivity contribution in [2.24, 2.45) is 7.05 Å². The predicted octanol–water partition coefficient (Wildman–Crippen LogP) is 3.52. The molecule has 182 valence electrons. The smallest absolute Gasteiger partial charge is 0.243 e. The van der Waals surface area contributed by atoms with Gasteiger partial charge in [-0.2, -0.15) is 4.31 Å². The number of hydrogen-bond acceptors (Lipinski definition) is 4. The first kappa shape index (κ1) is 24.3. The quantitative estimate of drug-likeness (QED) is 0.475. The molecule has 0 atom stereocenters. The van der Waals surface area contributed by atoms with Gasteiger partial charge < -0.3 is 9.88 Å². The SMILES string of the molecule is CCN(CC)S(=O)(=O)c1ccc2c(c1)nc(CCC(=O)NCC1(c3ccc(F)cc3)CC1)n2C. The van der Waals surface area contributed by atoms with Gasteiger partial charge in [-0.1, -0.05) is 26.0 Å². The minimum atomic E-state index is -3.56. The average Bonchev–Trinajstić information content (AvgIpc) is 3.55. The lowest BCUT2D eigenvalue weighted by atomic mass is 9.96. The van der Waals surface area contributed by atoms with E-state index in [2.05, 4.69) is 10.3 Å². The molecule has 34 heavy (non-hydrogen) atoms. The van der Waals surface area contributed by atoms with Crippen molar-refractivity contribution in [3.05, 3.63) is 59.7 Å². The largest absolute Gasteiger partial charge is 0.355 e. The van der Waals surface area contributed by atoms with Crippen LogP contribution in [0.4, 0.5) is 4.39 Å². The Morgan fingerprint density at radius 2 is 1.82 bits per heavy atom. The average molecular weight is 487 g/mol. The van der Waals surface area contributed by atoms with Gasteiger partial charge in [0, 0.05) is 44.9 Å². The summed E-state index contributed by atoms with van der Waals surface area (Å²) in [5.74, 6) is 0.399. The molecule has 1 aromatic heterocycles. The second-order valence-corrected chi connectivity index (χ2v) is 10.8. The Morgan fingerprint density at radius 3 is 2.44 bits per heavy atom. The van der Waals surface area contributed by atoms with Gasteiger partial charge in [-0.15, -0.1) is 0 Å². The Hall–Kier alpha value is -2.78. The Labute approximate surface area is 200 Å². The fourth-order valence-electron chi connectivity index (χ4n) is 4.43. The standard InChI is InChI=1S/C25H31FN4O3S/c1-4-30(5-2)34(32,33)20-10-11-22-21(16-20)28-23(29(22)3)12-13-24(31)27-17-25(14-15-25)18-6-8-19(26)9-7-18/h6-11,16H,4-5,12-15,17H2,1-3H3,(H,27,31). The van der Waals surface area contributed by atoms with Crippen LogP contribution < -0.4 is 5.32 Å². The maximum absolute atomic E-state index is 13.2. The molecule has 1 aliphatic carbocycles. The highest BCUT2D eigenvalue weighted by atomic mass is 32.2. The second-order valence-electron chi connectivity index (χ2n) is 8.89. The van der Waals surface area contributed by atoms with E-state index < -0.39 is 10.0 Å². The summed E-state index contributed by atoms with van der Waals surface area (Å²) in [6.45, 7) is 4.97. The number of carbonyl (C=O) groups is 1. The molecule has 0 bridgehead atoms. The van der Waals surface area contributed by atoms with Crippen molar-refractivity contribution < 1.29 is 17.6 Å². The molecule has 1 saturated carbocycles. The van der Waals surface area contributed by atoms with E-state index in [1.165, 1.54) is 16.4 Å². The molecule has 2 aromatic carbocycles. The van der Waals surface area contributed by atoms with Crippen molar-refractivity contribution in [1.82, 2.24) is 19.2 Å². The number of nitrogens with one attached hydrogen (secondary N) is 1. The Morgan fingerprint density at radius 1 is 1.15 bits per heavy atom. The summed E-state index contributed by atoms with van der Waals surface area (Å²) >= 11 is 0. The first-order chi connectivity index (χ1) is 16.2. The highest BCUT2D eigenvalue weighted by Crippen LogP contribution is 2.47. The van der Waals surface area contributed by atoms with Crippen molar-refractivity contribution in [1.29, 1.82) is 0 Å². The summed E-state index contributed by atoms with van der Waals surface area (Å²) in [6, 6.07) is 11.5. The minimum absolute atomic E-state index is 0.0646. The van der Waals surface area contributed by atoms with Gasteiger partial charge in [0.1, 0.15) is 11.6 Å². The van der Waals surface area contributed by atoms with Crippen LogP contribution in [0.5, 0.6) is 0 Å². The van der Waals surface area contributed by atoms with Crippen molar-refractivity contribution in [2.45, 2.75) is 49.8 Å². The molecule has 4 rings (SSSR count). The first-order valence-corrected chi connectivity index (χ1v) is 13.1. The third-order valence-corrected chi connectivity index (χ3v) is 8.84. The van der Waals surface area contributed by atoms with Gasteiger partial charge in [0.25, 0.3) is 0 Å². The number of imidazole rings is 1. The molecule has 1 aliphatic rings. The monoisotopic (exact) mass is 486 g/mol. The number of amides is 1. The zero-order valence-electron chi connectivity index (χ0n) is 19.8. The zero-order chi connectivity index (χ0) is 24.5. The van der Waals surface area contributed by atoms with E-state index >= 15 is 0 Å². The van der Waals surface area contributed by atoms with Crippen molar-refractivity contribution in [3.8, 4) is 0 Å². The van der Waals surface area contributed by atoms with E-state index in [9.17, 15) is 17.6 Å². The molecule has 0 aliphatic heterocycles. The molecule has 1 N–H and O–H groups in total. The lowest BCUT2D eigenvalue weighted by Gasteiger charge is -2.18. The summed E-state index contributed by atoms with van der Waals surface area (Å²) in [5.41, 5.74) is 2.38. The molecule has 1 fully saturated rings. The minimum Gasteiger partial charge on any atom is -0.355 e. The molecule has 0 unspecified atom stereocenters. The van der Waals surface area contributed by atoms with Gasteiger partial charge in [-0.25, -0.2) is 17.8 Å². The summed E-state index contributed by atoms with van der Waals surface area (Å²) in [4.78, 5) is 17.4. The van der Waals surface area contributed by atoms with E-state index in [-0.39, 0.29) is 28.5 Å². The number of rotatable bonds is 10. The van der Waals surface area contributed by atoms with Crippen LogP contribution in [-0.4, -0.2) is 47.8 Å². The number of carbonyl (C=O) groups excluding carboxylic acids is 1. The van der Waals surface area contributed by atoms with E-state index in [1.807, 2.05) is 25.5 Å². The van der Waals surface area contributed by atoms with Gasteiger partial charge in [-0.05, 0) is 48.7 Å². The fourth-order valence-corrected chi connectivity index (χ4v) is 5.91. The van der Waals surface area contributed by atoms with Crippen LogP contribution in [-0.2, 0) is 33.7 Å². The first-order valence-electron chi connectivity index (χ1n) is 11.7. The van der Waals surface area contributed by atoms with Crippen LogP contribution in [0.25, 0.3) is 11.0 Å². The summed E-state index contributed by atoms with van der Waals surface area (Å²) in [7, 11) is -1.69. The fraction of sp³-hybridized carbons (Fsp3) is 0.440. The molecule has 0 saturated heterocycles. The lowest BCUT2D eigenvalue weighted by molar-refractivity contribution is -0.121. The topological polar surface area (TPSA) is 84.3 Å². The molecule has 0 spiro atoms. The number of nitrogens with zero attached hydrogens (tertiary/aromatic N) is 3. The number of halogens is 1. The number of aryl methyl sites for hydroxylation is 2. The molecule has 3 aromatic rings. The maximum Gasteiger partial charge on any atom is 0.243 e. The van der Waals surface area contributed by atoms with Gasteiger partial charge in [-0.3, -0.25) is 4.79 Å². The van der Waals surface area contributed by atoms with E-state index in [0.717, 1.165) is 29.7 Å². The number of hydrogen-bond donors (Lipinski definition) is 1. The van der Waals surface area contributed by atoms with Crippen LogP contribution >= 0.6 is 0 Å². The van der Waals surface area contributed by atoms with Crippen molar-refractivity contribution >= 4 is 27.0 Å². The number of aromatic nitrogens is 2. The van der Waals surface area contributed by atoms with Crippen LogP contribution in [0.3, 0.4) is 0 Å². The van der Waals surface area contributed by atoms with Gasteiger partial charge >= 0.3 is 0 Å². The Kier molecular flexibility index (Phi) is 6.78. The Balaban J connectivity index is 1.41. The maximum atomic E-state index is 13.2. The molecular weight excluding hydrogens is 455 g/mol. The summed E-state index contributed by atoms with van der Waals surface area (Å²) in [5, 5.41) is 3.02. The third kappa shape index (κ3) is 4.72. The highest BCUT2D eigenvalue weighted by molar-refractivity contribution is 7.89. The summed E-state index contributed by atoms with van der Waals surface area (Å²) < 4.78 is 42.2. The van der Waals surface area contributed by atoms with E-state index in [0.29, 0.717) is 31.6 Å². The van der Waals surface area contributed by atoms with Gasteiger partial charge in [0.2, 0.25) is 15.9 Å². The lowest BCUT2D eigenvalue weighted by Crippen LogP contribution is -2.32. The predicted molar refractivity (Wildman–Crippen MR) is 129 cm³/mol. The van der Waals surface area contributed by atoms with E-state index in [4.69, 9.17) is 0 Å². The van der Waals surface area contributed by atoms with Crippen molar-refractivity contribution in [2.75, 3.05) is 19.6 Å². The molecule has 0 radical (unpaired) electrons. The van der Waals surface area contributed by atoms with Crippen molar-refractivity contribution in [3.63, 3.8) is 0 Å². The third-order valence-electron chi connectivity index (χ3n) is 6.80. The molecule has 7 nitrogen and oxygen atoms in total. The number of sulfonamides is 1. The molecule has 1 heterocycles. The zero-order valence-corrected chi connectivity index (χ0v) is 20.7. The normalized spacial score (nSPS) is 15.1.